The molecule has 1 heteroatoms. The molecule has 5 unspecified atom stereocenters. The minimum absolute atomic E-state index is 0.176. The topological polar surface area (TPSA) is 12.9 Å². The summed E-state index contributed by atoms with van der Waals surface area (Å²) in [7, 11) is 0. The van der Waals surface area contributed by atoms with E-state index in [1.165, 1.54) is 39.0 Å². The second kappa shape index (κ2) is 11.5. The normalized spacial score (nSPS) is 26.1. The van der Waals surface area contributed by atoms with Crippen LogP contribution in [0.3, 0.4) is 0 Å². The predicted molar refractivity (Wildman–Crippen MR) is 188 cm³/mol. The van der Waals surface area contributed by atoms with E-state index in [2.05, 4.69) is 160 Å². The monoisotopic (exact) mass is 583 g/mol. The Hall–Kier alpha value is -4.49. The van der Waals surface area contributed by atoms with Crippen LogP contribution in [-0.2, 0) is 5.41 Å². The molecule has 0 bridgehead atoms. The summed E-state index contributed by atoms with van der Waals surface area (Å²) in [6, 6.07) is 34.9. The largest absolute Gasteiger partial charge is 0.248 e. The lowest BCUT2D eigenvalue weighted by Crippen LogP contribution is -2.25. The average Bonchev–Trinajstić information content (AvgIpc) is 3.34. The van der Waals surface area contributed by atoms with E-state index in [0.29, 0.717) is 29.6 Å². The van der Waals surface area contributed by atoms with Gasteiger partial charge in [0.1, 0.15) is 0 Å². The number of hydrogen-bond acceptors (Lipinski definition) is 1. The Morgan fingerprint density at radius 3 is 1.93 bits per heavy atom. The van der Waals surface area contributed by atoms with E-state index < -0.39 is 0 Å². The molecule has 4 aliphatic rings. The Kier molecular flexibility index (Phi) is 7.13. The van der Waals surface area contributed by atoms with Crippen molar-refractivity contribution in [2.45, 2.75) is 50.4 Å². The highest BCUT2D eigenvalue weighted by Gasteiger charge is 2.45. The summed E-state index contributed by atoms with van der Waals surface area (Å²) < 4.78 is 0. The van der Waals surface area contributed by atoms with Crippen molar-refractivity contribution in [2.75, 3.05) is 0 Å². The van der Waals surface area contributed by atoms with E-state index in [1.54, 1.807) is 0 Å². The van der Waals surface area contributed by atoms with E-state index in [0.717, 1.165) is 30.7 Å². The molecule has 0 aliphatic heterocycles. The van der Waals surface area contributed by atoms with Gasteiger partial charge in [-0.15, -0.1) is 0 Å². The zero-order chi connectivity index (χ0) is 30.4. The first-order valence-corrected chi connectivity index (χ1v) is 16.7. The molecule has 1 nitrogen and oxygen atoms in total. The second-order valence-corrected chi connectivity index (χ2v) is 13.9. The Labute approximate surface area is 268 Å². The van der Waals surface area contributed by atoms with Crippen LogP contribution in [0.15, 0.2) is 157 Å². The van der Waals surface area contributed by atoms with Crippen LogP contribution in [-0.4, -0.2) is 4.98 Å². The van der Waals surface area contributed by atoms with Crippen molar-refractivity contribution in [3.8, 4) is 22.5 Å². The zero-order valence-corrected chi connectivity index (χ0v) is 26.3. The van der Waals surface area contributed by atoms with Crippen LogP contribution >= 0.6 is 0 Å². The third-order valence-electron chi connectivity index (χ3n) is 10.8. The molecule has 222 valence electrons. The Bertz CT molecular complexity index is 1810. The first-order chi connectivity index (χ1) is 22.0. The van der Waals surface area contributed by atoms with Crippen molar-refractivity contribution in [2.24, 2.45) is 17.8 Å². The van der Waals surface area contributed by atoms with Crippen molar-refractivity contribution in [3.63, 3.8) is 0 Å². The van der Waals surface area contributed by atoms with Crippen molar-refractivity contribution in [1.82, 2.24) is 4.98 Å². The molecule has 4 aromatic rings. The Morgan fingerprint density at radius 2 is 1.24 bits per heavy atom. The lowest BCUT2D eigenvalue weighted by molar-refractivity contribution is 0.392. The molecule has 0 spiro atoms. The van der Waals surface area contributed by atoms with Gasteiger partial charge in [-0.05, 0) is 70.6 Å². The van der Waals surface area contributed by atoms with Crippen molar-refractivity contribution in [1.29, 1.82) is 0 Å². The van der Waals surface area contributed by atoms with Gasteiger partial charge in [-0.25, -0.2) is 4.98 Å². The van der Waals surface area contributed by atoms with Gasteiger partial charge < -0.3 is 0 Å². The van der Waals surface area contributed by atoms with Crippen LogP contribution in [0.1, 0.15) is 61.6 Å². The highest BCUT2D eigenvalue weighted by atomic mass is 14.7. The maximum atomic E-state index is 5.10. The summed E-state index contributed by atoms with van der Waals surface area (Å²) in [5, 5.41) is 0. The number of aromatic nitrogens is 1. The summed E-state index contributed by atoms with van der Waals surface area (Å²) in [4.78, 5) is 5.10. The van der Waals surface area contributed by atoms with Crippen LogP contribution in [0, 0.1) is 17.8 Å². The SMILES string of the molecule is CC1(C)c2ccccc2C2C=C(C3C=C(C4C=CC(c5cc(-c6ccccc6)nc(-c6ccccc6)c5)CC4)C=CC3)C=CC21. The minimum Gasteiger partial charge on any atom is -0.248 e. The van der Waals surface area contributed by atoms with Crippen molar-refractivity contribution in [3.05, 3.63) is 174 Å². The van der Waals surface area contributed by atoms with E-state index in [9.17, 15) is 0 Å². The van der Waals surface area contributed by atoms with Crippen molar-refractivity contribution >= 4 is 0 Å². The molecule has 45 heavy (non-hydrogen) atoms. The highest BCUT2D eigenvalue weighted by molar-refractivity contribution is 5.68. The molecular weight excluding hydrogens is 542 g/mol. The number of pyridine rings is 1. The molecule has 4 aliphatic carbocycles. The molecule has 1 aromatic heterocycles. The summed E-state index contributed by atoms with van der Waals surface area (Å²) in [6.45, 7) is 4.83. The van der Waals surface area contributed by atoms with Gasteiger partial charge in [0.25, 0.3) is 0 Å². The van der Waals surface area contributed by atoms with Gasteiger partial charge in [0.2, 0.25) is 0 Å². The molecule has 3 aromatic carbocycles. The third-order valence-corrected chi connectivity index (χ3v) is 10.8. The number of fused-ring (bicyclic) bond motifs is 3. The van der Waals surface area contributed by atoms with Gasteiger partial charge in [0.15, 0.2) is 0 Å². The van der Waals surface area contributed by atoms with E-state index in [1.807, 2.05) is 0 Å². The van der Waals surface area contributed by atoms with Crippen LogP contribution in [0.4, 0.5) is 0 Å². The number of allylic oxidation sites excluding steroid dienone is 10. The number of hydrogen-bond donors (Lipinski definition) is 0. The minimum atomic E-state index is 0.176. The summed E-state index contributed by atoms with van der Waals surface area (Å²) in [5.41, 5.74) is 12.0. The van der Waals surface area contributed by atoms with Crippen LogP contribution in [0.2, 0.25) is 0 Å². The van der Waals surface area contributed by atoms with Gasteiger partial charge in [-0.2, -0.15) is 0 Å². The van der Waals surface area contributed by atoms with Crippen molar-refractivity contribution < 1.29 is 0 Å². The van der Waals surface area contributed by atoms with Gasteiger partial charge in [0, 0.05) is 34.8 Å². The molecule has 0 N–H and O–H groups in total. The molecule has 0 radical (unpaired) electrons. The maximum absolute atomic E-state index is 5.10. The first kappa shape index (κ1) is 28.0. The fraction of sp³-hybridized carbons (Fsp3) is 0.250. The predicted octanol–water partition coefficient (Wildman–Crippen LogP) is 11.2. The highest BCUT2D eigenvalue weighted by Crippen LogP contribution is 2.54. The summed E-state index contributed by atoms with van der Waals surface area (Å²) in [6.07, 6.45) is 23.3. The fourth-order valence-electron chi connectivity index (χ4n) is 8.32. The van der Waals surface area contributed by atoms with Gasteiger partial charge >= 0.3 is 0 Å². The fourth-order valence-corrected chi connectivity index (χ4v) is 8.32. The second-order valence-electron chi connectivity index (χ2n) is 13.9. The smallest absolute Gasteiger partial charge is 0.0712 e. The summed E-state index contributed by atoms with van der Waals surface area (Å²) >= 11 is 0. The van der Waals surface area contributed by atoms with Gasteiger partial charge in [-0.3, -0.25) is 0 Å². The Balaban J connectivity index is 1.05. The van der Waals surface area contributed by atoms with Crippen LogP contribution < -0.4 is 0 Å². The molecule has 8 rings (SSSR count). The number of rotatable bonds is 5. The maximum Gasteiger partial charge on any atom is 0.0712 e. The first-order valence-electron chi connectivity index (χ1n) is 16.7. The molecular formula is C44H41N. The molecule has 0 saturated carbocycles. The molecule has 0 fully saturated rings. The van der Waals surface area contributed by atoms with Crippen LogP contribution in [0.5, 0.6) is 0 Å². The summed E-state index contributed by atoms with van der Waals surface area (Å²) in [5.74, 6) is 2.33. The zero-order valence-electron chi connectivity index (χ0n) is 26.3. The average molecular weight is 584 g/mol. The quantitative estimate of drug-likeness (QED) is 0.213. The van der Waals surface area contributed by atoms with E-state index >= 15 is 0 Å². The third kappa shape index (κ3) is 5.19. The molecule has 1 heterocycles. The van der Waals surface area contributed by atoms with Crippen LogP contribution in [0.25, 0.3) is 22.5 Å². The molecule has 0 amide bonds. The van der Waals surface area contributed by atoms with E-state index in [-0.39, 0.29) is 5.41 Å². The van der Waals surface area contributed by atoms with Gasteiger partial charge in [0.05, 0.1) is 11.4 Å². The Morgan fingerprint density at radius 1 is 0.622 bits per heavy atom. The molecule has 0 saturated heterocycles. The lowest BCUT2D eigenvalue weighted by Gasteiger charge is -2.32. The number of nitrogens with zero attached hydrogens (tertiary/aromatic N) is 1. The van der Waals surface area contributed by atoms with E-state index in [4.69, 9.17) is 4.98 Å². The number of benzene rings is 3. The lowest BCUT2D eigenvalue weighted by atomic mass is 9.71. The van der Waals surface area contributed by atoms with Gasteiger partial charge in [-0.1, -0.05) is 147 Å². The standard InChI is InChI=1S/C44H41N/c1-44(2)40-19-10-9-18-38(40)39-27-36(24-25-41(39)44)35-17-11-16-34(26-35)30-20-22-31(23-21-30)37-28-42(32-12-5-3-6-13-32)45-43(29-37)33-14-7-4-8-15-33/h3-16,18-20,22,24-31,35,39,41H,17,21,23H2,1-2H3. The molecule has 5 atom stereocenters.